The number of aliphatic carboxylic acids is 1. The van der Waals surface area contributed by atoms with Gasteiger partial charge in [-0.15, -0.1) is 0 Å². The van der Waals surface area contributed by atoms with Gasteiger partial charge in [0, 0.05) is 6.42 Å². The van der Waals surface area contributed by atoms with E-state index in [4.69, 9.17) is 10.2 Å². The molecule has 0 aromatic heterocycles. The summed E-state index contributed by atoms with van der Waals surface area (Å²) in [6.45, 7) is 0. The Morgan fingerprint density at radius 2 is 2.08 bits per heavy atom. The summed E-state index contributed by atoms with van der Waals surface area (Å²) in [4.78, 5) is 31.7. The molecule has 0 aliphatic carbocycles. The molecule has 1 aliphatic rings. The molecule has 66 valence electrons. The molecule has 2 atom stereocenters. The largest absolute Gasteiger partial charge is 0.480 e. The van der Waals surface area contributed by atoms with Crippen LogP contribution in [0.3, 0.4) is 0 Å². The van der Waals surface area contributed by atoms with Gasteiger partial charge < -0.3 is 10.2 Å². The third-order valence-corrected chi connectivity index (χ3v) is 2.56. The predicted octanol–water partition coefficient (Wildman–Crippen LogP) is -0.967. The minimum Gasteiger partial charge on any atom is -0.480 e. The third kappa shape index (κ3) is 1.64. The number of hydrogen-bond acceptors (Lipinski definition) is 5. The van der Waals surface area contributed by atoms with Gasteiger partial charge in [-0.2, -0.15) is 0 Å². The second kappa shape index (κ2) is 3.24. The van der Waals surface area contributed by atoms with E-state index >= 15 is 0 Å². The minimum absolute atomic E-state index is 0.190. The first-order chi connectivity index (χ1) is 5.52. The van der Waals surface area contributed by atoms with Gasteiger partial charge in [0.2, 0.25) is 5.78 Å². The number of aliphatic hydroxyl groups excluding tert-OH is 1. The quantitative estimate of drug-likeness (QED) is 0.517. The Morgan fingerprint density at radius 3 is 2.50 bits per heavy atom. The molecular formula is C6H6O5S. The molecule has 0 spiro atoms. The highest BCUT2D eigenvalue weighted by molar-refractivity contribution is 8.16. The molecule has 1 fully saturated rings. The van der Waals surface area contributed by atoms with Gasteiger partial charge in [-0.05, 0) is 0 Å². The number of aliphatic hydroxyl groups is 1. The molecule has 2 unspecified atom stereocenters. The van der Waals surface area contributed by atoms with Crippen molar-refractivity contribution in [1.29, 1.82) is 0 Å². The highest BCUT2D eigenvalue weighted by Crippen LogP contribution is 2.24. The normalized spacial score (nSPS) is 30.4. The number of carbonyl (C=O) groups is 3. The number of carboxylic acid groups (broad SMARTS) is 1. The summed E-state index contributed by atoms with van der Waals surface area (Å²) in [5, 5.41) is 15.5. The van der Waals surface area contributed by atoms with Crippen LogP contribution >= 0.6 is 11.8 Å². The van der Waals surface area contributed by atoms with Crippen molar-refractivity contribution in [2.45, 2.75) is 17.8 Å². The van der Waals surface area contributed by atoms with Gasteiger partial charge in [-0.1, -0.05) is 11.8 Å². The van der Waals surface area contributed by atoms with E-state index in [9.17, 15) is 14.4 Å². The average molecular weight is 190 g/mol. The molecule has 0 aromatic carbocycles. The number of Topliss-reactive ketones (excluding diaryl/α,β-unsaturated/α-hetero) is 1. The van der Waals surface area contributed by atoms with Crippen LogP contribution in [0.25, 0.3) is 0 Å². The number of thioether (sulfide) groups is 1. The van der Waals surface area contributed by atoms with Crippen molar-refractivity contribution in [3.05, 3.63) is 0 Å². The van der Waals surface area contributed by atoms with E-state index in [2.05, 4.69) is 0 Å². The molecule has 0 amide bonds. The van der Waals surface area contributed by atoms with Crippen LogP contribution < -0.4 is 0 Å². The van der Waals surface area contributed by atoms with E-state index in [1.165, 1.54) is 0 Å². The van der Waals surface area contributed by atoms with Crippen molar-refractivity contribution in [2.24, 2.45) is 0 Å². The standard InChI is InChI=1S/C6H6O5S/c7-2-1-3(5(9)10)12-6(11)4(2)8/h2-3,7H,1H2,(H,9,10). The number of carboxylic acids is 1. The molecule has 1 heterocycles. The van der Waals surface area contributed by atoms with Gasteiger partial charge in [-0.25, -0.2) is 0 Å². The molecule has 12 heavy (non-hydrogen) atoms. The van der Waals surface area contributed by atoms with Gasteiger partial charge >= 0.3 is 5.97 Å². The number of rotatable bonds is 1. The van der Waals surface area contributed by atoms with E-state index in [1.54, 1.807) is 0 Å². The molecule has 0 radical (unpaired) electrons. The highest BCUT2D eigenvalue weighted by Gasteiger charge is 2.38. The summed E-state index contributed by atoms with van der Waals surface area (Å²) in [6.07, 6.45) is -1.63. The molecule has 6 heteroatoms. The van der Waals surface area contributed by atoms with Gasteiger partial charge in [0.25, 0.3) is 5.12 Å². The molecule has 1 saturated heterocycles. The number of ketones is 1. The predicted molar refractivity (Wildman–Crippen MR) is 39.7 cm³/mol. The Hall–Kier alpha value is -0.880. The zero-order valence-corrected chi connectivity index (χ0v) is 6.71. The summed E-state index contributed by atoms with van der Waals surface area (Å²) in [5.41, 5.74) is 0. The lowest BCUT2D eigenvalue weighted by Gasteiger charge is -2.19. The fourth-order valence-corrected chi connectivity index (χ4v) is 1.72. The molecular weight excluding hydrogens is 184 g/mol. The van der Waals surface area contributed by atoms with Gasteiger partial charge in [-0.3, -0.25) is 14.4 Å². The average Bonchev–Trinajstić information content (AvgIpc) is 1.99. The van der Waals surface area contributed by atoms with Crippen LogP contribution in [-0.4, -0.2) is 38.4 Å². The van der Waals surface area contributed by atoms with Gasteiger partial charge in [0.1, 0.15) is 11.4 Å². The van der Waals surface area contributed by atoms with Gasteiger partial charge in [0.05, 0.1) is 0 Å². The van der Waals surface area contributed by atoms with E-state index in [-0.39, 0.29) is 6.42 Å². The van der Waals surface area contributed by atoms with Crippen LogP contribution in [0.15, 0.2) is 0 Å². The molecule has 1 rings (SSSR count). The van der Waals surface area contributed by atoms with Crippen LogP contribution in [0.5, 0.6) is 0 Å². The molecule has 2 N–H and O–H groups in total. The smallest absolute Gasteiger partial charge is 0.317 e. The summed E-state index contributed by atoms with van der Waals surface area (Å²) >= 11 is 0.458. The summed E-state index contributed by atoms with van der Waals surface area (Å²) < 4.78 is 0. The van der Waals surface area contributed by atoms with Crippen molar-refractivity contribution in [3.63, 3.8) is 0 Å². The van der Waals surface area contributed by atoms with E-state index in [0.717, 1.165) is 0 Å². The van der Waals surface area contributed by atoms with E-state index < -0.39 is 28.2 Å². The maximum Gasteiger partial charge on any atom is 0.317 e. The Bertz CT molecular complexity index is 248. The minimum atomic E-state index is -1.44. The second-order valence-corrected chi connectivity index (χ2v) is 3.52. The van der Waals surface area contributed by atoms with Crippen molar-refractivity contribution in [2.75, 3.05) is 0 Å². The van der Waals surface area contributed by atoms with E-state index in [1.807, 2.05) is 0 Å². The lowest BCUT2D eigenvalue weighted by molar-refractivity contribution is -0.141. The maximum atomic E-state index is 10.7. The first-order valence-electron chi connectivity index (χ1n) is 3.18. The summed E-state index contributed by atoms with van der Waals surface area (Å²) in [6, 6.07) is 0. The second-order valence-electron chi connectivity index (χ2n) is 2.35. The SMILES string of the molecule is O=C1SC(C(=O)O)CC(O)C1=O. The summed E-state index contributed by atoms with van der Waals surface area (Å²) in [7, 11) is 0. The van der Waals surface area contributed by atoms with Crippen LogP contribution in [0.4, 0.5) is 0 Å². The maximum absolute atomic E-state index is 10.7. The van der Waals surface area contributed by atoms with Crippen LogP contribution in [0, 0.1) is 0 Å². The molecule has 0 bridgehead atoms. The lowest BCUT2D eigenvalue weighted by atomic mass is 10.1. The number of hydrogen-bond donors (Lipinski definition) is 2. The van der Waals surface area contributed by atoms with Crippen molar-refractivity contribution >= 4 is 28.6 Å². The number of carbonyl (C=O) groups excluding carboxylic acids is 2. The van der Waals surface area contributed by atoms with Gasteiger partial charge in [0.15, 0.2) is 0 Å². The fourth-order valence-electron chi connectivity index (χ4n) is 0.832. The Kier molecular flexibility index (Phi) is 2.49. The van der Waals surface area contributed by atoms with Crippen LogP contribution in [-0.2, 0) is 14.4 Å². The third-order valence-electron chi connectivity index (χ3n) is 1.47. The van der Waals surface area contributed by atoms with Crippen LogP contribution in [0.2, 0.25) is 0 Å². The Labute approximate surface area is 71.8 Å². The van der Waals surface area contributed by atoms with Crippen LogP contribution in [0.1, 0.15) is 6.42 Å². The molecule has 5 nitrogen and oxygen atoms in total. The monoisotopic (exact) mass is 190 g/mol. The van der Waals surface area contributed by atoms with E-state index in [0.29, 0.717) is 11.8 Å². The van der Waals surface area contributed by atoms with Crippen molar-refractivity contribution < 1.29 is 24.6 Å². The Morgan fingerprint density at radius 1 is 1.50 bits per heavy atom. The fraction of sp³-hybridized carbons (Fsp3) is 0.500. The topological polar surface area (TPSA) is 91.7 Å². The summed E-state index contributed by atoms with van der Waals surface area (Å²) in [5.74, 6) is -2.09. The van der Waals surface area contributed by atoms with Crippen molar-refractivity contribution in [3.8, 4) is 0 Å². The molecule has 0 aromatic rings. The molecule has 0 saturated carbocycles. The highest BCUT2D eigenvalue weighted by atomic mass is 32.2. The zero-order valence-electron chi connectivity index (χ0n) is 5.89. The zero-order chi connectivity index (χ0) is 9.30. The first kappa shape index (κ1) is 9.21. The lowest BCUT2D eigenvalue weighted by Crippen LogP contribution is -2.38. The molecule has 1 aliphatic heterocycles. The Balaban J connectivity index is 2.72. The first-order valence-corrected chi connectivity index (χ1v) is 4.06. The van der Waals surface area contributed by atoms with Crippen molar-refractivity contribution in [1.82, 2.24) is 0 Å².